The molecule has 0 saturated heterocycles. The number of ether oxygens (including phenoxy) is 1. The Hall–Kier alpha value is -2.04. The van der Waals surface area contributed by atoms with E-state index in [-0.39, 0.29) is 29.2 Å². The maximum absolute atomic E-state index is 12.0. The van der Waals surface area contributed by atoms with Crippen molar-refractivity contribution in [1.82, 2.24) is 4.72 Å². The second-order valence-electron chi connectivity index (χ2n) is 4.16. The summed E-state index contributed by atoms with van der Waals surface area (Å²) in [4.78, 5) is 11.1. The number of carboxylic acid groups (broad SMARTS) is 1. The highest BCUT2D eigenvalue weighted by Gasteiger charge is 2.19. The van der Waals surface area contributed by atoms with Crippen molar-refractivity contribution < 1.29 is 23.1 Å². The lowest BCUT2D eigenvalue weighted by atomic mass is 10.2. The number of benzene rings is 1. The third-order valence-corrected chi connectivity index (χ3v) is 3.97. The van der Waals surface area contributed by atoms with Crippen LogP contribution in [0.2, 0.25) is 0 Å². The molecule has 21 heavy (non-hydrogen) atoms. The third-order valence-electron chi connectivity index (χ3n) is 2.51. The molecule has 7 heteroatoms. The van der Waals surface area contributed by atoms with Crippen LogP contribution >= 0.6 is 0 Å². The molecule has 0 aliphatic rings. The smallest absolute Gasteiger partial charge is 0.339 e. The van der Waals surface area contributed by atoms with Crippen molar-refractivity contribution in [3.8, 4) is 18.1 Å². The molecule has 0 spiro atoms. The predicted octanol–water partition coefficient (Wildman–Crippen LogP) is 1.48. The largest absolute Gasteiger partial charge is 0.493 e. The van der Waals surface area contributed by atoms with E-state index in [4.69, 9.17) is 16.3 Å². The Kier molecular flexibility index (Phi) is 6.21. The molecule has 0 aliphatic heterocycles. The van der Waals surface area contributed by atoms with Gasteiger partial charge in [-0.05, 0) is 24.6 Å². The topological polar surface area (TPSA) is 92.7 Å². The predicted molar refractivity (Wildman–Crippen MR) is 77.8 cm³/mol. The van der Waals surface area contributed by atoms with Gasteiger partial charge in [-0.2, -0.15) is 0 Å². The minimum Gasteiger partial charge on any atom is -0.493 e. The van der Waals surface area contributed by atoms with Crippen LogP contribution in [-0.2, 0) is 10.0 Å². The van der Waals surface area contributed by atoms with E-state index in [1.54, 1.807) is 0 Å². The molecular weight excluding hydrogens is 294 g/mol. The van der Waals surface area contributed by atoms with Crippen LogP contribution in [0, 0.1) is 12.3 Å². The molecule has 2 N–H and O–H groups in total. The number of hydrogen-bond acceptors (Lipinski definition) is 4. The van der Waals surface area contributed by atoms with Crippen molar-refractivity contribution in [3.63, 3.8) is 0 Å². The molecule has 1 rings (SSSR count). The van der Waals surface area contributed by atoms with Crippen LogP contribution in [0.25, 0.3) is 0 Å². The quantitative estimate of drug-likeness (QED) is 0.560. The van der Waals surface area contributed by atoms with Crippen LogP contribution in [0.15, 0.2) is 23.1 Å². The van der Waals surface area contributed by atoms with Gasteiger partial charge in [-0.25, -0.2) is 17.9 Å². The maximum atomic E-state index is 12.0. The molecule has 0 heterocycles. The van der Waals surface area contributed by atoms with Gasteiger partial charge < -0.3 is 9.84 Å². The van der Waals surface area contributed by atoms with Crippen molar-refractivity contribution in [2.75, 3.05) is 13.2 Å². The van der Waals surface area contributed by atoms with Crippen molar-refractivity contribution in [3.05, 3.63) is 23.8 Å². The van der Waals surface area contributed by atoms with E-state index in [9.17, 15) is 13.2 Å². The number of terminal acetylenes is 1. The normalized spacial score (nSPS) is 10.9. The average molecular weight is 311 g/mol. The summed E-state index contributed by atoms with van der Waals surface area (Å²) in [5.41, 5.74) is -0.191. The van der Waals surface area contributed by atoms with Gasteiger partial charge in [0.15, 0.2) is 0 Å². The highest BCUT2D eigenvalue weighted by molar-refractivity contribution is 7.89. The van der Waals surface area contributed by atoms with E-state index >= 15 is 0 Å². The van der Waals surface area contributed by atoms with Crippen LogP contribution in [0.5, 0.6) is 5.75 Å². The standard InChI is InChI=1S/C14H17NO5S/c1-3-5-8-15-21(18,19)11-6-7-13(20-9-4-2)12(10-11)14(16)17/h1,6-7,10,15H,4-5,8-9H2,2H3,(H,16,17). The number of carboxylic acids is 1. The zero-order valence-electron chi connectivity index (χ0n) is 11.6. The lowest BCUT2D eigenvalue weighted by molar-refractivity contribution is 0.0692. The SMILES string of the molecule is C#CCCNS(=O)(=O)c1ccc(OCCC)c(C(=O)O)c1. The van der Waals surface area contributed by atoms with Gasteiger partial charge in [0.1, 0.15) is 11.3 Å². The summed E-state index contributed by atoms with van der Waals surface area (Å²) < 4.78 is 31.6. The van der Waals surface area contributed by atoms with Gasteiger partial charge in [-0.1, -0.05) is 6.92 Å². The first-order valence-corrected chi connectivity index (χ1v) is 7.84. The lowest BCUT2D eigenvalue weighted by Crippen LogP contribution is -2.24. The van der Waals surface area contributed by atoms with E-state index < -0.39 is 16.0 Å². The van der Waals surface area contributed by atoms with E-state index in [1.807, 2.05) is 6.92 Å². The lowest BCUT2D eigenvalue weighted by Gasteiger charge is -2.11. The Morgan fingerprint density at radius 2 is 2.19 bits per heavy atom. The fraction of sp³-hybridized carbons (Fsp3) is 0.357. The van der Waals surface area contributed by atoms with E-state index in [1.165, 1.54) is 12.1 Å². The van der Waals surface area contributed by atoms with E-state index in [0.29, 0.717) is 13.0 Å². The number of aromatic carboxylic acids is 1. The number of carbonyl (C=O) groups is 1. The van der Waals surface area contributed by atoms with Crippen LogP contribution < -0.4 is 9.46 Å². The Morgan fingerprint density at radius 3 is 2.76 bits per heavy atom. The summed E-state index contributed by atoms with van der Waals surface area (Å²) in [5, 5.41) is 9.15. The van der Waals surface area contributed by atoms with Gasteiger partial charge in [0.25, 0.3) is 0 Å². The monoisotopic (exact) mass is 311 g/mol. The first kappa shape index (κ1) is 17.0. The summed E-state index contributed by atoms with van der Waals surface area (Å²) in [6, 6.07) is 3.72. The first-order valence-electron chi connectivity index (χ1n) is 6.35. The highest BCUT2D eigenvalue weighted by atomic mass is 32.2. The molecule has 114 valence electrons. The van der Waals surface area contributed by atoms with Crippen LogP contribution in [0.4, 0.5) is 0 Å². The van der Waals surface area contributed by atoms with Crippen LogP contribution in [0.3, 0.4) is 0 Å². The number of sulfonamides is 1. The van der Waals surface area contributed by atoms with Gasteiger partial charge >= 0.3 is 5.97 Å². The fourth-order valence-corrected chi connectivity index (χ4v) is 2.58. The van der Waals surface area contributed by atoms with Gasteiger partial charge in [0, 0.05) is 13.0 Å². The minimum atomic E-state index is -3.79. The molecule has 0 saturated carbocycles. The zero-order chi connectivity index (χ0) is 15.9. The number of rotatable bonds is 8. The molecular formula is C14H17NO5S. The number of hydrogen-bond donors (Lipinski definition) is 2. The molecule has 6 nitrogen and oxygen atoms in total. The van der Waals surface area contributed by atoms with Crippen molar-refractivity contribution in [1.29, 1.82) is 0 Å². The van der Waals surface area contributed by atoms with Crippen molar-refractivity contribution in [2.24, 2.45) is 0 Å². The fourth-order valence-electron chi connectivity index (χ4n) is 1.52. The molecule has 0 atom stereocenters. The molecule has 1 aromatic carbocycles. The van der Waals surface area contributed by atoms with E-state index in [2.05, 4.69) is 10.6 Å². The van der Waals surface area contributed by atoms with Gasteiger partial charge in [-0.15, -0.1) is 12.3 Å². The van der Waals surface area contributed by atoms with Gasteiger partial charge in [0.2, 0.25) is 10.0 Å². The summed E-state index contributed by atoms with van der Waals surface area (Å²) in [7, 11) is -3.79. The minimum absolute atomic E-state index is 0.0926. The summed E-state index contributed by atoms with van der Waals surface area (Å²) in [6.07, 6.45) is 6.02. The first-order chi connectivity index (χ1) is 9.92. The second-order valence-corrected chi connectivity index (χ2v) is 5.93. The van der Waals surface area contributed by atoms with Gasteiger partial charge in [0.05, 0.1) is 11.5 Å². The Balaban J connectivity index is 3.08. The van der Waals surface area contributed by atoms with Crippen molar-refractivity contribution in [2.45, 2.75) is 24.7 Å². The molecule has 0 unspecified atom stereocenters. The summed E-state index contributed by atoms with van der Waals surface area (Å²) in [6.45, 7) is 2.33. The average Bonchev–Trinajstić information content (AvgIpc) is 2.44. The molecule has 0 radical (unpaired) electrons. The zero-order valence-corrected chi connectivity index (χ0v) is 12.4. The third kappa shape index (κ3) is 4.77. The Bertz CT molecular complexity index is 646. The van der Waals surface area contributed by atoms with Crippen LogP contribution in [0.1, 0.15) is 30.1 Å². The Labute approximate surface area is 124 Å². The van der Waals surface area contributed by atoms with E-state index in [0.717, 1.165) is 6.07 Å². The molecule has 0 amide bonds. The molecule has 0 aliphatic carbocycles. The highest BCUT2D eigenvalue weighted by Crippen LogP contribution is 2.23. The Morgan fingerprint density at radius 1 is 1.48 bits per heavy atom. The van der Waals surface area contributed by atoms with Gasteiger partial charge in [-0.3, -0.25) is 0 Å². The number of nitrogens with one attached hydrogen (secondary N) is 1. The molecule has 0 bridgehead atoms. The van der Waals surface area contributed by atoms with Crippen molar-refractivity contribution >= 4 is 16.0 Å². The maximum Gasteiger partial charge on any atom is 0.339 e. The van der Waals surface area contributed by atoms with Crippen LogP contribution in [-0.4, -0.2) is 32.6 Å². The summed E-state index contributed by atoms with van der Waals surface area (Å²) >= 11 is 0. The molecule has 1 aromatic rings. The molecule has 0 aromatic heterocycles. The second kappa shape index (κ2) is 7.67. The molecule has 0 fully saturated rings. The summed E-state index contributed by atoms with van der Waals surface area (Å²) in [5.74, 6) is 1.21.